The van der Waals surface area contributed by atoms with Gasteiger partial charge in [-0.3, -0.25) is 4.79 Å². The summed E-state index contributed by atoms with van der Waals surface area (Å²) in [5, 5.41) is 0. The Labute approximate surface area is 100 Å². The molecule has 1 fully saturated rings. The van der Waals surface area contributed by atoms with Crippen molar-refractivity contribution in [1.82, 2.24) is 9.88 Å². The number of rotatable bonds is 1. The standard InChI is InChI=1S/C12H16N2OS/c1-9(15)14-7-3-2-4-11(14)10-5-6-12(16)13-8-10/h5-6,8,11H,2-4,7H2,1H3,(H,13,16). The number of likely N-dealkylation sites (tertiary alicyclic amines) is 1. The summed E-state index contributed by atoms with van der Waals surface area (Å²) in [5.41, 5.74) is 1.16. The first kappa shape index (κ1) is 11.3. The zero-order chi connectivity index (χ0) is 11.5. The van der Waals surface area contributed by atoms with Gasteiger partial charge in [-0.1, -0.05) is 18.3 Å². The molecule has 1 amide bonds. The minimum absolute atomic E-state index is 0.159. The lowest BCUT2D eigenvalue weighted by atomic mass is 9.96. The van der Waals surface area contributed by atoms with Crippen LogP contribution in [0.1, 0.15) is 37.8 Å². The number of pyridine rings is 1. The van der Waals surface area contributed by atoms with Crippen molar-refractivity contribution in [3.8, 4) is 0 Å². The summed E-state index contributed by atoms with van der Waals surface area (Å²) in [6.07, 6.45) is 5.27. The molecule has 1 unspecified atom stereocenters. The number of hydrogen-bond acceptors (Lipinski definition) is 2. The van der Waals surface area contributed by atoms with Gasteiger partial charge in [0.05, 0.1) is 6.04 Å². The molecule has 0 radical (unpaired) electrons. The second-order valence-corrected chi connectivity index (χ2v) is 4.65. The van der Waals surface area contributed by atoms with Crippen LogP contribution < -0.4 is 0 Å². The van der Waals surface area contributed by atoms with Gasteiger partial charge in [-0.15, -0.1) is 0 Å². The molecule has 86 valence electrons. The van der Waals surface area contributed by atoms with Gasteiger partial charge < -0.3 is 9.88 Å². The van der Waals surface area contributed by atoms with Gasteiger partial charge in [0.15, 0.2) is 0 Å². The average molecular weight is 236 g/mol. The van der Waals surface area contributed by atoms with E-state index in [2.05, 4.69) is 4.98 Å². The normalized spacial score (nSPS) is 20.8. The molecule has 0 saturated carbocycles. The van der Waals surface area contributed by atoms with Crippen molar-refractivity contribution in [2.75, 3.05) is 6.54 Å². The van der Waals surface area contributed by atoms with Gasteiger partial charge in [0.1, 0.15) is 4.64 Å². The van der Waals surface area contributed by atoms with Crippen LogP contribution >= 0.6 is 12.2 Å². The van der Waals surface area contributed by atoms with Crippen molar-refractivity contribution >= 4 is 18.1 Å². The fraction of sp³-hybridized carbons (Fsp3) is 0.500. The Kier molecular flexibility index (Phi) is 3.39. The molecule has 4 heteroatoms. The number of H-pyrrole nitrogens is 1. The number of nitrogens with one attached hydrogen (secondary N) is 1. The second kappa shape index (κ2) is 4.78. The minimum Gasteiger partial charge on any atom is -0.353 e. The molecule has 1 aliphatic rings. The summed E-state index contributed by atoms with van der Waals surface area (Å²) in [7, 11) is 0. The Bertz CT molecular complexity index is 420. The third-order valence-electron chi connectivity index (χ3n) is 3.10. The van der Waals surface area contributed by atoms with E-state index in [4.69, 9.17) is 12.2 Å². The number of amides is 1. The molecule has 1 aromatic heterocycles. The maximum absolute atomic E-state index is 11.5. The number of aromatic nitrogens is 1. The van der Waals surface area contributed by atoms with E-state index in [0.29, 0.717) is 0 Å². The lowest BCUT2D eigenvalue weighted by Gasteiger charge is -2.35. The van der Waals surface area contributed by atoms with E-state index >= 15 is 0 Å². The fourth-order valence-corrected chi connectivity index (χ4v) is 2.41. The molecule has 2 heterocycles. The third-order valence-corrected chi connectivity index (χ3v) is 3.35. The highest BCUT2D eigenvalue weighted by atomic mass is 32.1. The summed E-state index contributed by atoms with van der Waals surface area (Å²) in [4.78, 5) is 16.5. The summed E-state index contributed by atoms with van der Waals surface area (Å²) in [6.45, 7) is 2.51. The van der Waals surface area contributed by atoms with Crippen LogP contribution in [0.25, 0.3) is 0 Å². The van der Waals surface area contributed by atoms with Crippen molar-refractivity contribution in [2.45, 2.75) is 32.2 Å². The van der Waals surface area contributed by atoms with Gasteiger partial charge in [-0.2, -0.15) is 0 Å². The first-order chi connectivity index (χ1) is 7.68. The molecule has 0 bridgehead atoms. The van der Waals surface area contributed by atoms with Crippen LogP contribution in [0.2, 0.25) is 0 Å². The van der Waals surface area contributed by atoms with Crippen LogP contribution in [0.3, 0.4) is 0 Å². The van der Waals surface area contributed by atoms with Crippen LogP contribution in [-0.4, -0.2) is 22.3 Å². The summed E-state index contributed by atoms with van der Waals surface area (Å²) in [5.74, 6) is 0.159. The highest BCUT2D eigenvalue weighted by Crippen LogP contribution is 2.30. The van der Waals surface area contributed by atoms with Crippen molar-refractivity contribution in [3.05, 3.63) is 28.5 Å². The fourth-order valence-electron chi connectivity index (χ4n) is 2.28. The Morgan fingerprint density at radius 1 is 1.50 bits per heavy atom. The Morgan fingerprint density at radius 2 is 2.31 bits per heavy atom. The van der Waals surface area contributed by atoms with E-state index in [1.165, 1.54) is 6.42 Å². The topological polar surface area (TPSA) is 36.1 Å². The first-order valence-corrected chi connectivity index (χ1v) is 6.05. The van der Waals surface area contributed by atoms with Crippen LogP contribution in [0.4, 0.5) is 0 Å². The Hall–Kier alpha value is -1.16. The lowest BCUT2D eigenvalue weighted by Crippen LogP contribution is -2.36. The molecular formula is C12H16N2OS. The zero-order valence-corrected chi connectivity index (χ0v) is 10.2. The van der Waals surface area contributed by atoms with Crippen LogP contribution in [0.5, 0.6) is 0 Å². The monoisotopic (exact) mass is 236 g/mol. The molecule has 0 aromatic carbocycles. The smallest absolute Gasteiger partial charge is 0.219 e. The van der Waals surface area contributed by atoms with Crippen LogP contribution in [0, 0.1) is 4.64 Å². The molecule has 16 heavy (non-hydrogen) atoms. The number of carbonyl (C=O) groups excluding carboxylic acids is 1. The van der Waals surface area contributed by atoms with Gasteiger partial charge in [0.2, 0.25) is 5.91 Å². The maximum Gasteiger partial charge on any atom is 0.219 e. The summed E-state index contributed by atoms with van der Waals surface area (Å²) >= 11 is 5.02. The first-order valence-electron chi connectivity index (χ1n) is 5.64. The van der Waals surface area contributed by atoms with Gasteiger partial charge in [0.25, 0.3) is 0 Å². The van der Waals surface area contributed by atoms with E-state index in [1.54, 1.807) is 6.92 Å². The molecule has 1 atom stereocenters. The Morgan fingerprint density at radius 3 is 2.94 bits per heavy atom. The molecule has 1 aromatic rings. The lowest BCUT2D eigenvalue weighted by molar-refractivity contribution is -0.132. The highest BCUT2D eigenvalue weighted by molar-refractivity contribution is 7.71. The van der Waals surface area contributed by atoms with Crippen molar-refractivity contribution in [3.63, 3.8) is 0 Å². The van der Waals surface area contributed by atoms with E-state index in [0.717, 1.165) is 29.6 Å². The number of carbonyl (C=O) groups is 1. The molecule has 3 nitrogen and oxygen atoms in total. The average Bonchev–Trinajstić information content (AvgIpc) is 2.30. The van der Waals surface area contributed by atoms with Gasteiger partial charge in [-0.25, -0.2) is 0 Å². The molecule has 1 aliphatic heterocycles. The molecule has 1 saturated heterocycles. The second-order valence-electron chi connectivity index (χ2n) is 4.21. The number of aromatic amines is 1. The SMILES string of the molecule is CC(=O)N1CCCCC1c1ccc(=S)[nH]c1. The zero-order valence-electron chi connectivity index (χ0n) is 9.40. The molecule has 0 aliphatic carbocycles. The summed E-state index contributed by atoms with van der Waals surface area (Å²) < 4.78 is 0.730. The Balaban J connectivity index is 2.26. The number of piperidine rings is 1. The highest BCUT2D eigenvalue weighted by Gasteiger charge is 2.25. The van der Waals surface area contributed by atoms with E-state index < -0.39 is 0 Å². The summed E-state index contributed by atoms with van der Waals surface area (Å²) in [6, 6.07) is 4.13. The maximum atomic E-state index is 11.5. The van der Waals surface area contributed by atoms with Gasteiger partial charge in [0, 0.05) is 19.7 Å². The molecule has 2 rings (SSSR count). The number of nitrogens with zero attached hydrogens (tertiary/aromatic N) is 1. The molecule has 1 N–H and O–H groups in total. The van der Waals surface area contributed by atoms with E-state index in [-0.39, 0.29) is 11.9 Å². The van der Waals surface area contributed by atoms with E-state index in [1.807, 2.05) is 23.2 Å². The minimum atomic E-state index is 0.159. The van der Waals surface area contributed by atoms with Crippen molar-refractivity contribution in [2.24, 2.45) is 0 Å². The van der Waals surface area contributed by atoms with Gasteiger partial charge in [-0.05, 0) is 30.9 Å². The van der Waals surface area contributed by atoms with Gasteiger partial charge >= 0.3 is 0 Å². The predicted octanol–water partition coefficient (Wildman–Crippen LogP) is 2.82. The third kappa shape index (κ3) is 2.32. The van der Waals surface area contributed by atoms with Crippen molar-refractivity contribution in [1.29, 1.82) is 0 Å². The quantitative estimate of drug-likeness (QED) is 0.761. The number of hydrogen-bond donors (Lipinski definition) is 1. The van der Waals surface area contributed by atoms with Crippen molar-refractivity contribution < 1.29 is 4.79 Å². The van der Waals surface area contributed by atoms with E-state index in [9.17, 15) is 4.79 Å². The largest absolute Gasteiger partial charge is 0.353 e. The van der Waals surface area contributed by atoms with Crippen LogP contribution in [0.15, 0.2) is 18.3 Å². The molecular weight excluding hydrogens is 220 g/mol. The molecule has 0 spiro atoms. The predicted molar refractivity (Wildman–Crippen MR) is 65.6 cm³/mol. The van der Waals surface area contributed by atoms with Crippen LogP contribution in [-0.2, 0) is 4.79 Å².